The summed E-state index contributed by atoms with van der Waals surface area (Å²) in [6.45, 7) is 4.21. The van der Waals surface area contributed by atoms with Gasteiger partial charge in [-0.1, -0.05) is 0 Å². The average Bonchev–Trinajstić information content (AvgIpc) is 3.32. The number of amides is 1. The molecule has 2 aromatic rings. The number of nitrogens with two attached hydrogens (primary N) is 1. The highest BCUT2D eigenvalue weighted by atomic mass is 16.2. The van der Waals surface area contributed by atoms with E-state index in [2.05, 4.69) is 10.3 Å². The smallest absolute Gasteiger partial charge is 0.270 e. The Labute approximate surface area is 128 Å². The molecule has 1 fully saturated rings. The normalized spacial score (nSPS) is 17.2. The molecule has 1 aliphatic carbocycles. The standard InChI is InChI=1S/C16H20N4O2/c1-10-5-6-20-13(7-10)18-8-12(15(20)22)14(21)19-16(2,9-17)11-3-4-11/h5-8,11H,3-4,9,17H2,1-2H3,(H,19,21). The molecule has 2 heterocycles. The fourth-order valence-corrected chi connectivity index (χ4v) is 2.70. The van der Waals surface area contributed by atoms with Crippen molar-refractivity contribution in [2.24, 2.45) is 11.7 Å². The molecule has 1 unspecified atom stereocenters. The molecule has 0 saturated heterocycles. The first kappa shape index (κ1) is 14.7. The van der Waals surface area contributed by atoms with Crippen LogP contribution in [0.3, 0.4) is 0 Å². The van der Waals surface area contributed by atoms with E-state index in [9.17, 15) is 9.59 Å². The third-order valence-electron chi connectivity index (χ3n) is 4.41. The van der Waals surface area contributed by atoms with Gasteiger partial charge >= 0.3 is 0 Å². The maximum Gasteiger partial charge on any atom is 0.270 e. The van der Waals surface area contributed by atoms with Crippen LogP contribution in [0.4, 0.5) is 0 Å². The van der Waals surface area contributed by atoms with E-state index in [0.29, 0.717) is 18.1 Å². The van der Waals surface area contributed by atoms with Crippen LogP contribution in [0.5, 0.6) is 0 Å². The van der Waals surface area contributed by atoms with Crippen molar-refractivity contribution in [3.05, 3.63) is 46.0 Å². The van der Waals surface area contributed by atoms with Gasteiger partial charge in [0.2, 0.25) is 0 Å². The second-order valence-electron chi connectivity index (χ2n) is 6.26. The molecule has 3 N–H and O–H groups in total. The second-order valence-corrected chi connectivity index (χ2v) is 6.26. The van der Waals surface area contributed by atoms with Gasteiger partial charge < -0.3 is 11.1 Å². The van der Waals surface area contributed by atoms with Crippen LogP contribution < -0.4 is 16.6 Å². The molecule has 116 valence electrons. The lowest BCUT2D eigenvalue weighted by Gasteiger charge is -2.29. The predicted molar refractivity (Wildman–Crippen MR) is 83.8 cm³/mol. The van der Waals surface area contributed by atoms with E-state index in [1.807, 2.05) is 19.9 Å². The summed E-state index contributed by atoms with van der Waals surface area (Å²) < 4.78 is 1.39. The number of pyridine rings is 1. The number of nitrogens with zero attached hydrogens (tertiary/aromatic N) is 2. The van der Waals surface area contributed by atoms with Gasteiger partial charge in [0, 0.05) is 18.9 Å². The molecule has 22 heavy (non-hydrogen) atoms. The maximum atomic E-state index is 12.5. The zero-order valence-electron chi connectivity index (χ0n) is 12.8. The van der Waals surface area contributed by atoms with Crippen LogP contribution in [0.1, 0.15) is 35.7 Å². The SMILES string of the molecule is Cc1ccn2c(=O)c(C(=O)NC(C)(CN)C3CC3)cnc2c1. The molecular formula is C16H20N4O2. The summed E-state index contributed by atoms with van der Waals surface area (Å²) in [7, 11) is 0. The van der Waals surface area contributed by atoms with Crippen molar-refractivity contribution in [3.63, 3.8) is 0 Å². The summed E-state index contributed by atoms with van der Waals surface area (Å²) in [5.41, 5.74) is 6.56. The van der Waals surface area contributed by atoms with Crippen LogP contribution in [-0.4, -0.2) is 27.4 Å². The predicted octanol–water partition coefficient (Wildman–Crippen LogP) is 0.860. The van der Waals surface area contributed by atoms with Crippen LogP contribution in [0.15, 0.2) is 29.3 Å². The Hall–Kier alpha value is -2.21. The average molecular weight is 300 g/mol. The van der Waals surface area contributed by atoms with Gasteiger partial charge in [0.25, 0.3) is 11.5 Å². The van der Waals surface area contributed by atoms with Gasteiger partial charge in [0.05, 0.1) is 5.54 Å². The number of fused-ring (bicyclic) bond motifs is 1. The lowest BCUT2D eigenvalue weighted by atomic mass is 9.95. The molecular weight excluding hydrogens is 280 g/mol. The van der Waals surface area contributed by atoms with Gasteiger partial charge in [-0.2, -0.15) is 0 Å². The first-order valence-electron chi connectivity index (χ1n) is 7.45. The van der Waals surface area contributed by atoms with Crippen LogP contribution >= 0.6 is 0 Å². The molecule has 0 aliphatic heterocycles. The zero-order valence-corrected chi connectivity index (χ0v) is 12.8. The largest absolute Gasteiger partial charge is 0.345 e. The summed E-state index contributed by atoms with van der Waals surface area (Å²) in [6.07, 6.45) is 5.10. The minimum Gasteiger partial charge on any atom is -0.345 e. The molecule has 1 saturated carbocycles. The Balaban J connectivity index is 1.96. The van der Waals surface area contributed by atoms with Crippen molar-refractivity contribution >= 4 is 11.6 Å². The van der Waals surface area contributed by atoms with Crippen LogP contribution in [0.2, 0.25) is 0 Å². The van der Waals surface area contributed by atoms with Crippen LogP contribution in [0.25, 0.3) is 5.65 Å². The number of aryl methyl sites for hydroxylation is 1. The van der Waals surface area contributed by atoms with Crippen molar-refractivity contribution in [1.29, 1.82) is 0 Å². The van der Waals surface area contributed by atoms with Crippen molar-refractivity contribution in [3.8, 4) is 0 Å². The molecule has 1 aliphatic rings. The number of hydrogen-bond acceptors (Lipinski definition) is 4. The molecule has 2 aromatic heterocycles. The molecule has 3 rings (SSSR count). The van der Waals surface area contributed by atoms with Crippen molar-refractivity contribution < 1.29 is 4.79 Å². The summed E-state index contributed by atoms with van der Waals surface area (Å²) in [6, 6.07) is 3.61. The van der Waals surface area contributed by atoms with E-state index in [1.54, 1.807) is 12.3 Å². The van der Waals surface area contributed by atoms with Gasteiger partial charge in [-0.25, -0.2) is 4.98 Å². The van der Waals surface area contributed by atoms with E-state index in [-0.39, 0.29) is 11.1 Å². The molecule has 0 radical (unpaired) electrons. The lowest BCUT2D eigenvalue weighted by molar-refractivity contribution is 0.0895. The van der Waals surface area contributed by atoms with Crippen molar-refractivity contribution in [2.75, 3.05) is 6.54 Å². The van der Waals surface area contributed by atoms with Gasteiger partial charge in [0.1, 0.15) is 11.2 Å². The molecule has 6 heteroatoms. The molecule has 6 nitrogen and oxygen atoms in total. The molecule has 0 aromatic carbocycles. The number of rotatable bonds is 4. The minimum absolute atomic E-state index is 0.0432. The van der Waals surface area contributed by atoms with E-state index >= 15 is 0 Å². The minimum atomic E-state index is -0.462. The van der Waals surface area contributed by atoms with Gasteiger partial charge in [-0.05, 0) is 50.3 Å². The first-order valence-corrected chi connectivity index (χ1v) is 7.45. The third-order valence-corrected chi connectivity index (χ3v) is 4.41. The fraction of sp³-hybridized carbons (Fsp3) is 0.438. The highest BCUT2D eigenvalue weighted by Gasteiger charge is 2.41. The number of hydrogen-bond donors (Lipinski definition) is 2. The highest BCUT2D eigenvalue weighted by molar-refractivity contribution is 5.94. The maximum absolute atomic E-state index is 12.5. The molecule has 1 amide bonds. The van der Waals surface area contributed by atoms with E-state index < -0.39 is 11.4 Å². The number of nitrogens with one attached hydrogen (secondary N) is 1. The monoisotopic (exact) mass is 300 g/mol. The Kier molecular flexibility index (Phi) is 3.48. The zero-order chi connectivity index (χ0) is 15.9. The Morgan fingerprint density at radius 3 is 2.91 bits per heavy atom. The fourth-order valence-electron chi connectivity index (χ4n) is 2.70. The summed E-state index contributed by atoms with van der Waals surface area (Å²) >= 11 is 0. The van der Waals surface area contributed by atoms with Crippen LogP contribution in [0, 0.1) is 12.8 Å². The lowest BCUT2D eigenvalue weighted by Crippen LogP contribution is -2.54. The van der Waals surface area contributed by atoms with E-state index in [0.717, 1.165) is 18.4 Å². The molecule has 0 spiro atoms. The quantitative estimate of drug-likeness (QED) is 0.876. The molecule has 0 bridgehead atoms. The van der Waals surface area contributed by atoms with E-state index in [4.69, 9.17) is 5.73 Å². The summed E-state index contributed by atoms with van der Waals surface area (Å²) in [4.78, 5) is 29.1. The van der Waals surface area contributed by atoms with Gasteiger partial charge in [-0.3, -0.25) is 14.0 Å². The summed E-state index contributed by atoms with van der Waals surface area (Å²) in [5.74, 6) is -0.0207. The Bertz CT molecular complexity index is 794. The third kappa shape index (κ3) is 2.50. The topological polar surface area (TPSA) is 89.5 Å². The number of carbonyl (C=O) groups is 1. The van der Waals surface area contributed by atoms with Crippen LogP contribution in [-0.2, 0) is 0 Å². The van der Waals surface area contributed by atoms with Crippen molar-refractivity contribution in [1.82, 2.24) is 14.7 Å². The Morgan fingerprint density at radius 1 is 1.55 bits per heavy atom. The number of aromatic nitrogens is 2. The van der Waals surface area contributed by atoms with E-state index in [1.165, 1.54) is 10.6 Å². The summed E-state index contributed by atoms with van der Waals surface area (Å²) in [5, 5.41) is 2.92. The van der Waals surface area contributed by atoms with Gasteiger partial charge in [-0.15, -0.1) is 0 Å². The Morgan fingerprint density at radius 2 is 2.27 bits per heavy atom. The highest BCUT2D eigenvalue weighted by Crippen LogP contribution is 2.39. The second kappa shape index (κ2) is 5.21. The number of carbonyl (C=O) groups excluding carboxylic acids is 1. The van der Waals surface area contributed by atoms with Gasteiger partial charge in [0.15, 0.2) is 0 Å². The first-order chi connectivity index (χ1) is 10.4. The molecule has 1 atom stereocenters. The van der Waals surface area contributed by atoms with Crippen molar-refractivity contribution in [2.45, 2.75) is 32.2 Å².